The summed E-state index contributed by atoms with van der Waals surface area (Å²) < 4.78 is 5.48. The summed E-state index contributed by atoms with van der Waals surface area (Å²) in [5.74, 6) is 5.02. The zero-order chi connectivity index (χ0) is 17.5. The Morgan fingerprint density at radius 3 is 2.72 bits per heavy atom. The van der Waals surface area contributed by atoms with Gasteiger partial charge in [-0.3, -0.25) is 4.79 Å². The second kappa shape index (κ2) is 8.08. The van der Waals surface area contributed by atoms with Crippen molar-refractivity contribution in [3.05, 3.63) is 77.9 Å². The Kier molecular flexibility index (Phi) is 5.39. The molecule has 0 bridgehead atoms. The van der Waals surface area contributed by atoms with Gasteiger partial charge < -0.3 is 15.9 Å². The molecule has 0 saturated heterocycles. The van der Waals surface area contributed by atoms with Crippen molar-refractivity contribution in [2.24, 2.45) is 10.9 Å². The molecule has 0 spiro atoms. The Bertz CT molecular complexity index is 892. The molecule has 0 fully saturated rings. The van der Waals surface area contributed by atoms with E-state index in [1.807, 2.05) is 66.7 Å². The lowest BCUT2D eigenvalue weighted by molar-refractivity contribution is -0.121. The highest BCUT2D eigenvalue weighted by molar-refractivity contribution is 6.04. The van der Waals surface area contributed by atoms with E-state index >= 15 is 0 Å². The summed E-state index contributed by atoms with van der Waals surface area (Å²) in [5.41, 5.74) is 2.64. The highest BCUT2D eigenvalue weighted by Crippen LogP contribution is 2.24. The molecular weight excluding hydrogens is 314 g/mol. The van der Waals surface area contributed by atoms with Crippen LogP contribution in [0.5, 0.6) is 0 Å². The molecule has 3 aromatic rings. The van der Waals surface area contributed by atoms with Crippen molar-refractivity contribution in [2.75, 3.05) is 11.9 Å². The van der Waals surface area contributed by atoms with Crippen LogP contribution in [0.25, 0.3) is 10.8 Å². The van der Waals surface area contributed by atoms with Crippen LogP contribution >= 0.6 is 0 Å². The first-order valence-electron chi connectivity index (χ1n) is 7.94. The van der Waals surface area contributed by atoms with Gasteiger partial charge in [0.05, 0.1) is 12.8 Å². The van der Waals surface area contributed by atoms with Gasteiger partial charge in [0.25, 0.3) is 0 Å². The Balaban J connectivity index is 1.67. The van der Waals surface area contributed by atoms with Crippen molar-refractivity contribution >= 4 is 28.6 Å². The minimum atomic E-state index is -0.193. The molecule has 0 aliphatic rings. The smallest absolute Gasteiger partial charge is 0.250 e. The molecule has 3 N–H and O–H groups in total. The van der Waals surface area contributed by atoms with E-state index in [4.69, 9.17) is 10.6 Å². The van der Waals surface area contributed by atoms with Crippen LogP contribution in [0.15, 0.2) is 71.8 Å². The largest absolute Gasteiger partial charge is 0.367 e. The lowest BCUT2D eigenvalue weighted by atomic mass is 10.1. The maximum Gasteiger partial charge on any atom is 0.250 e. The van der Waals surface area contributed by atoms with Gasteiger partial charge in [0.2, 0.25) is 5.91 Å². The summed E-state index contributed by atoms with van der Waals surface area (Å²) in [6.07, 6.45) is 1.57. The minimum Gasteiger partial charge on any atom is -0.367 e. The molecule has 0 unspecified atom stereocenters. The fourth-order valence-corrected chi connectivity index (χ4v) is 2.59. The first-order chi connectivity index (χ1) is 12.3. The third kappa shape index (κ3) is 4.43. The van der Waals surface area contributed by atoms with Crippen LogP contribution in [0.4, 0.5) is 5.69 Å². The molecule has 0 aromatic heterocycles. The van der Waals surface area contributed by atoms with E-state index in [0.29, 0.717) is 6.61 Å². The number of ether oxygens (including phenoxy) is 1. The Hall–Kier alpha value is -3.18. The number of hydrogen-bond donors (Lipinski definition) is 2. The van der Waals surface area contributed by atoms with Crippen LogP contribution in [0, 0.1) is 0 Å². The molecule has 0 heterocycles. The van der Waals surface area contributed by atoms with Crippen LogP contribution in [0.3, 0.4) is 0 Å². The molecule has 0 radical (unpaired) electrons. The van der Waals surface area contributed by atoms with Gasteiger partial charge in [-0.2, -0.15) is 5.10 Å². The van der Waals surface area contributed by atoms with Crippen molar-refractivity contribution in [3.8, 4) is 0 Å². The maximum atomic E-state index is 12.2. The van der Waals surface area contributed by atoms with Gasteiger partial charge in [-0.15, -0.1) is 0 Å². The zero-order valence-electron chi connectivity index (χ0n) is 13.7. The standard InChI is InChI=1S/C20H19N3O2/c21-22-12-16-9-10-17-7-4-8-19(18(17)11-16)23-20(24)14-25-13-15-5-2-1-3-6-15/h1-12H,13-14,21H2,(H,23,24). The molecule has 3 aromatic carbocycles. The minimum absolute atomic E-state index is 0.00473. The maximum absolute atomic E-state index is 12.2. The van der Waals surface area contributed by atoms with E-state index < -0.39 is 0 Å². The molecule has 5 heteroatoms. The first kappa shape index (κ1) is 16.7. The summed E-state index contributed by atoms with van der Waals surface area (Å²) in [6, 6.07) is 21.3. The number of carbonyl (C=O) groups excluding carboxylic acids is 1. The summed E-state index contributed by atoms with van der Waals surface area (Å²) in [6.45, 7) is 0.399. The first-order valence-corrected chi connectivity index (χ1v) is 7.94. The normalized spacial score (nSPS) is 11.0. The zero-order valence-corrected chi connectivity index (χ0v) is 13.7. The second-order valence-electron chi connectivity index (χ2n) is 5.59. The van der Waals surface area contributed by atoms with Gasteiger partial charge in [-0.25, -0.2) is 0 Å². The fraction of sp³-hybridized carbons (Fsp3) is 0.100. The van der Waals surface area contributed by atoms with Crippen molar-refractivity contribution in [2.45, 2.75) is 6.61 Å². The van der Waals surface area contributed by atoms with E-state index in [-0.39, 0.29) is 12.5 Å². The predicted octanol–water partition coefficient (Wildman–Crippen LogP) is 3.29. The number of nitrogens with zero attached hydrogens (tertiary/aromatic N) is 1. The molecule has 0 aliphatic carbocycles. The monoisotopic (exact) mass is 333 g/mol. The van der Waals surface area contributed by atoms with Gasteiger partial charge in [-0.05, 0) is 28.6 Å². The molecule has 126 valence electrons. The Morgan fingerprint density at radius 2 is 1.92 bits per heavy atom. The van der Waals surface area contributed by atoms with E-state index in [2.05, 4.69) is 10.4 Å². The SMILES string of the molecule is NN=Cc1ccc2cccc(NC(=O)COCc3ccccc3)c2c1. The van der Waals surface area contributed by atoms with Crippen molar-refractivity contribution in [3.63, 3.8) is 0 Å². The molecule has 3 rings (SSSR count). The quantitative estimate of drug-likeness (QED) is 0.413. The van der Waals surface area contributed by atoms with Gasteiger partial charge in [0.1, 0.15) is 6.61 Å². The van der Waals surface area contributed by atoms with Crippen LogP contribution in [-0.2, 0) is 16.1 Å². The molecule has 0 aliphatic heterocycles. The third-order valence-electron chi connectivity index (χ3n) is 3.75. The van der Waals surface area contributed by atoms with E-state index in [1.165, 1.54) is 0 Å². The summed E-state index contributed by atoms with van der Waals surface area (Å²) >= 11 is 0. The van der Waals surface area contributed by atoms with Gasteiger partial charge in [0.15, 0.2) is 0 Å². The van der Waals surface area contributed by atoms with E-state index in [9.17, 15) is 4.79 Å². The lowest BCUT2D eigenvalue weighted by Gasteiger charge is -2.10. The lowest BCUT2D eigenvalue weighted by Crippen LogP contribution is -2.18. The van der Waals surface area contributed by atoms with Gasteiger partial charge in [0, 0.05) is 11.1 Å². The number of rotatable bonds is 6. The number of hydrogen-bond acceptors (Lipinski definition) is 4. The summed E-state index contributed by atoms with van der Waals surface area (Å²) in [4.78, 5) is 12.2. The topological polar surface area (TPSA) is 76.7 Å². The molecule has 0 saturated carbocycles. The van der Waals surface area contributed by atoms with Gasteiger partial charge >= 0.3 is 0 Å². The molecule has 1 amide bonds. The third-order valence-corrected chi connectivity index (χ3v) is 3.75. The predicted molar refractivity (Wildman–Crippen MR) is 100 cm³/mol. The van der Waals surface area contributed by atoms with Crippen molar-refractivity contribution in [1.29, 1.82) is 0 Å². The average Bonchev–Trinajstić information content (AvgIpc) is 2.63. The summed E-state index contributed by atoms with van der Waals surface area (Å²) in [5, 5.41) is 8.39. The number of nitrogens with two attached hydrogens (primary N) is 1. The number of anilines is 1. The molecular formula is C20H19N3O2. The van der Waals surface area contributed by atoms with Crippen LogP contribution in [0.2, 0.25) is 0 Å². The van der Waals surface area contributed by atoms with Gasteiger partial charge in [-0.1, -0.05) is 54.6 Å². The number of carbonyl (C=O) groups is 1. The van der Waals surface area contributed by atoms with Crippen molar-refractivity contribution < 1.29 is 9.53 Å². The molecule has 25 heavy (non-hydrogen) atoms. The fourth-order valence-electron chi connectivity index (χ4n) is 2.59. The Morgan fingerprint density at radius 1 is 1.08 bits per heavy atom. The number of fused-ring (bicyclic) bond motifs is 1. The summed E-state index contributed by atoms with van der Waals surface area (Å²) in [7, 11) is 0. The number of nitrogens with one attached hydrogen (secondary N) is 1. The second-order valence-corrected chi connectivity index (χ2v) is 5.59. The van der Waals surface area contributed by atoms with E-state index in [0.717, 1.165) is 27.6 Å². The highest BCUT2D eigenvalue weighted by Gasteiger charge is 2.07. The number of amides is 1. The molecule has 5 nitrogen and oxygen atoms in total. The van der Waals surface area contributed by atoms with Crippen LogP contribution < -0.4 is 11.2 Å². The average molecular weight is 333 g/mol. The highest BCUT2D eigenvalue weighted by atomic mass is 16.5. The Labute approximate surface area is 146 Å². The van der Waals surface area contributed by atoms with E-state index in [1.54, 1.807) is 6.21 Å². The van der Waals surface area contributed by atoms with Crippen molar-refractivity contribution in [1.82, 2.24) is 0 Å². The number of benzene rings is 3. The van der Waals surface area contributed by atoms with Crippen LogP contribution in [0.1, 0.15) is 11.1 Å². The number of hydrazone groups is 1. The molecule has 0 atom stereocenters. The van der Waals surface area contributed by atoms with Crippen LogP contribution in [-0.4, -0.2) is 18.7 Å².